The van der Waals surface area contributed by atoms with Gasteiger partial charge in [0.15, 0.2) is 5.69 Å². The molecule has 3 heterocycles. The summed E-state index contributed by atoms with van der Waals surface area (Å²) in [6.45, 7) is 7.93. The highest BCUT2D eigenvalue weighted by molar-refractivity contribution is 5.93. The molecular weight excluding hydrogens is 314 g/mol. The monoisotopic (exact) mass is 341 g/mol. The second-order valence-corrected chi connectivity index (χ2v) is 7.22. The lowest BCUT2D eigenvalue weighted by molar-refractivity contribution is 0.0776. The molecule has 3 rings (SSSR count). The fourth-order valence-corrected chi connectivity index (χ4v) is 3.17. The van der Waals surface area contributed by atoms with Crippen molar-refractivity contribution in [1.82, 2.24) is 25.0 Å². The molecule has 1 N–H and O–H groups in total. The predicted octanol–water partition coefficient (Wildman–Crippen LogP) is 2.48. The molecular formula is C19H27N5O. The lowest BCUT2D eigenvalue weighted by Gasteiger charge is -2.27. The number of aromatic amines is 1. The van der Waals surface area contributed by atoms with Crippen LogP contribution >= 0.6 is 0 Å². The molecule has 0 bridgehead atoms. The third-order valence-corrected chi connectivity index (χ3v) is 4.71. The number of rotatable bonds is 6. The molecule has 1 aliphatic rings. The molecule has 25 heavy (non-hydrogen) atoms. The molecule has 0 atom stereocenters. The van der Waals surface area contributed by atoms with E-state index in [9.17, 15) is 4.79 Å². The first-order chi connectivity index (χ1) is 12.0. The first-order valence-electron chi connectivity index (χ1n) is 8.98. The summed E-state index contributed by atoms with van der Waals surface area (Å²) in [6.07, 6.45) is 3.82. The van der Waals surface area contributed by atoms with Crippen LogP contribution in [0.25, 0.3) is 0 Å². The number of carbonyl (C=O) groups is 1. The van der Waals surface area contributed by atoms with Crippen molar-refractivity contribution in [1.29, 1.82) is 0 Å². The smallest absolute Gasteiger partial charge is 0.274 e. The highest BCUT2D eigenvalue weighted by Gasteiger charge is 2.26. The second-order valence-electron chi connectivity index (χ2n) is 7.22. The quantitative estimate of drug-likeness (QED) is 0.877. The number of hydrogen-bond donors (Lipinski definition) is 1. The molecule has 1 aliphatic heterocycles. The molecule has 6 heteroatoms. The molecule has 0 aliphatic carbocycles. The molecule has 2 aromatic rings. The van der Waals surface area contributed by atoms with Crippen LogP contribution in [0.1, 0.15) is 47.7 Å². The van der Waals surface area contributed by atoms with Gasteiger partial charge in [0.1, 0.15) is 0 Å². The zero-order valence-electron chi connectivity index (χ0n) is 15.3. The molecule has 6 nitrogen and oxygen atoms in total. The fourth-order valence-electron chi connectivity index (χ4n) is 3.17. The van der Waals surface area contributed by atoms with Gasteiger partial charge in [-0.05, 0) is 37.4 Å². The summed E-state index contributed by atoms with van der Waals surface area (Å²) in [5.41, 5.74) is 3.61. The van der Waals surface area contributed by atoms with Crippen LogP contribution in [-0.4, -0.2) is 51.0 Å². The van der Waals surface area contributed by atoms with E-state index >= 15 is 0 Å². The minimum atomic E-state index is -0.0428. The molecule has 0 fully saturated rings. The fraction of sp³-hybridized carbons (Fsp3) is 0.526. The zero-order valence-corrected chi connectivity index (χ0v) is 15.3. The van der Waals surface area contributed by atoms with Crippen molar-refractivity contribution in [3.8, 4) is 0 Å². The standard InChI is InChI=1S/C19H27N5O/c1-14(2)7-10-24-11-8-16-17(13-24)21-22-18(16)19(25)23(3)12-15-6-4-5-9-20-15/h4-6,9,14H,7-8,10-13H2,1-3H3,(H,21,22). The Labute approximate surface area is 149 Å². The lowest BCUT2D eigenvalue weighted by atomic mass is 10.0. The highest BCUT2D eigenvalue weighted by atomic mass is 16.2. The van der Waals surface area contributed by atoms with Crippen molar-refractivity contribution in [2.45, 2.75) is 39.8 Å². The van der Waals surface area contributed by atoms with E-state index in [1.54, 1.807) is 18.1 Å². The Hall–Kier alpha value is -2.21. The van der Waals surface area contributed by atoms with Gasteiger partial charge in [-0.2, -0.15) is 5.10 Å². The van der Waals surface area contributed by atoms with Crippen LogP contribution in [0.2, 0.25) is 0 Å². The summed E-state index contributed by atoms with van der Waals surface area (Å²) in [4.78, 5) is 21.2. The summed E-state index contributed by atoms with van der Waals surface area (Å²) in [5.74, 6) is 0.666. The van der Waals surface area contributed by atoms with Gasteiger partial charge in [-0.25, -0.2) is 0 Å². The highest BCUT2D eigenvalue weighted by Crippen LogP contribution is 2.22. The number of H-pyrrole nitrogens is 1. The van der Waals surface area contributed by atoms with Crippen molar-refractivity contribution < 1.29 is 4.79 Å². The van der Waals surface area contributed by atoms with Gasteiger partial charge in [-0.1, -0.05) is 19.9 Å². The number of aromatic nitrogens is 3. The van der Waals surface area contributed by atoms with Crippen molar-refractivity contribution in [2.75, 3.05) is 20.1 Å². The molecule has 0 unspecified atom stereocenters. The first kappa shape index (κ1) is 17.6. The second kappa shape index (κ2) is 7.78. The summed E-state index contributed by atoms with van der Waals surface area (Å²) in [6, 6.07) is 5.74. The molecule has 0 saturated carbocycles. The number of pyridine rings is 1. The largest absolute Gasteiger partial charge is 0.334 e. The van der Waals surface area contributed by atoms with E-state index in [2.05, 4.69) is 33.9 Å². The Morgan fingerprint density at radius 3 is 2.96 bits per heavy atom. The van der Waals surface area contributed by atoms with E-state index in [1.807, 2.05) is 18.2 Å². The summed E-state index contributed by atoms with van der Waals surface area (Å²) in [7, 11) is 1.80. The van der Waals surface area contributed by atoms with Crippen LogP contribution < -0.4 is 0 Å². The third kappa shape index (κ3) is 4.25. The molecule has 0 aromatic carbocycles. The average Bonchev–Trinajstić information content (AvgIpc) is 3.03. The predicted molar refractivity (Wildman–Crippen MR) is 97.1 cm³/mol. The number of fused-ring (bicyclic) bond motifs is 1. The normalized spacial score (nSPS) is 14.6. The summed E-state index contributed by atoms with van der Waals surface area (Å²) >= 11 is 0. The molecule has 0 saturated heterocycles. The van der Waals surface area contributed by atoms with E-state index in [4.69, 9.17) is 0 Å². The van der Waals surface area contributed by atoms with Crippen LogP contribution in [0.4, 0.5) is 0 Å². The Morgan fingerprint density at radius 2 is 2.24 bits per heavy atom. The summed E-state index contributed by atoms with van der Waals surface area (Å²) < 4.78 is 0. The van der Waals surface area contributed by atoms with Gasteiger partial charge >= 0.3 is 0 Å². The Morgan fingerprint density at radius 1 is 1.40 bits per heavy atom. The van der Waals surface area contributed by atoms with Gasteiger partial charge in [0.25, 0.3) is 5.91 Å². The summed E-state index contributed by atoms with van der Waals surface area (Å²) in [5, 5.41) is 7.42. The number of hydrogen-bond acceptors (Lipinski definition) is 4. The Balaban J connectivity index is 1.65. The lowest BCUT2D eigenvalue weighted by Crippen LogP contribution is -2.33. The van der Waals surface area contributed by atoms with Crippen molar-refractivity contribution in [3.63, 3.8) is 0 Å². The van der Waals surface area contributed by atoms with Crippen LogP contribution in [0.5, 0.6) is 0 Å². The van der Waals surface area contributed by atoms with Crippen LogP contribution in [0.15, 0.2) is 24.4 Å². The maximum atomic E-state index is 12.8. The average molecular weight is 341 g/mol. The van der Waals surface area contributed by atoms with Gasteiger partial charge in [0.2, 0.25) is 0 Å². The zero-order chi connectivity index (χ0) is 17.8. The van der Waals surface area contributed by atoms with Crippen LogP contribution in [-0.2, 0) is 19.5 Å². The maximum absolute atomic E-state index is 12.8. The Kier molecular flexibility index (Phi) is 5.48. The number of nitrogens with one attached hydrogen (secondary N) is 1. The number of carbonyl (C=O) groups excluding carboxylic acids is 1. The molecule has 134 valence electrons. The third-order valence-electron chi connectivity index (χ3n) is 4.71. The van der Waals surface area contributed by atoms with Gasteiger partial charge in [-0.15, -0.1) is 0 Å². The number of nitrogens with zero attached hydrogens (tertiary/aromatic N) is 4. The van der Waals surface area contributed by atoms with E-state index in [-0.39, 0.29) is 5.91 Å². The maximum Gasteiger partial charge on any atom is 0.274 e. The van der Waals surface area contributed by atoms with Gasteiger partial charge in [0.05, 0.1) is 17.9 Å². The van der Waals surface area contributed by atoms with Gasteiger partial charge in [0, 0.05) is 31.9 Å². The minimum absolute atomic E-state index is 0.0428. The molecule has 1 amide bonds. The van der Waals surface area contributed by atoms with Gasteiger partial charge < -0.3 is 4.90 Å². The van der Waals surface area contributed by atoms with E-state index in [1.165, 1.54) is 6.42 Å². The minimum Gasteiger partial charge on any atom is -0.334 e. The van der Waals surface area contributed by atoms with Crippen LogP contribution in [0.3, 0.4) is 0 Å². The Bertz CT molecular complexity index is 710. The van der Waals surface area contributed by atoms with Crippen molar-refractivity contribution in [3.05, 3.63) is 47.0 Å². The van der Waals surface area contributed by atoms with Crippen LogP contribution in [0, 0.1) is 5.92 Å². The SMILES string of the molecule is CC(C)CCN1CCc2c(C(=O)N(C)Cc3ccccn3)n[nH]c2C1. The van der Waals surface area contributed by atoms with E-state index in [0.717, 1.165) is 43.0 Å². The molecule has 0 spiro atoms. The molecule has 0 radical (unpaired) electrons. The van der Waals surface area contributed by atoms with Crippen molar-refractivity contribution in [2.24, 2.45) is 5.92 Å². The topological polar surface area (TPSA) is 65.1 Å². The van der Waals surface area contributed by atoms with E-state index in [0.29, 0.717) is 18.2 Å². The number of amides is 1. The van der Waals surface area contributed by atoms with E-state index < -0.39 is 0 Å². The molecule has 2 aromatic heterocycles. The van der Waals surface area contributed by atoms with Gasteiger partial charge in [-0.3, -0.25) is 19.8 Å². The first-order valence-corrected chi connectivity index (χ1v) is 8.98. The van der Waals surface area contributed by atoms with Crippen molar-refractivity contribution >= 4 is 5.91 Å².